The molecule has 1 atom stereocenters. The molecule has 1 aromatic carbocycles. The van der Waals surface area contributed by atoms with Crippen LogP contribution in [-0.4, -0.2) is 10.7 Å². The van der Waals surface area contributed by atoms with Crippen LogP contribution in [0.2, 0.25) is 5.02 Å². The van der Waals surface area contributed by atoms with E-state index in [9.17, 15) is 4.79 Å². The van der Waals surface area contributed by atoms with E-state index in [2.05, 4.69) is 21.2 Å². The molecule has 0 aliphatic carbocycles. The van der Waals surface area contributed by atoms with E-state index in [1.807, 2.05) is 30.3 Å². The van der Waals surface area contributed by atoms with Gasteiger partial charge in [-0.1, -0.05) is 45.7 Å². The molecule has 100 valence electrons. The first-order valence-electron chi connectivity index (χ1n) is 5.84. The van der Waals surface area contributed by atoms with Gasteiger partial charge in [0, 0.05) is 5.02 Å². The quantitative estimate of drug-likeness (QED) is 0.844. The van der Waals surface area contributed by atoms with Crippen molar-refractivity contribution in [3.8, 4) is 0 Å². The second-order valence-corrected chi connectivity index (χ2v) is 5.57. The van der Waals surface area contributed by atoms with Gasteiger partial charge in [0.25, 0.3) is 0 Å². The number of hydrogen-bond acceptors (Lipinski definition) is 2. The minimum absolute atomic E-state index is 0.0867. The van der Waals surface area contributed by atoms with Crippen LogP contribution in [0.3, 0.4) is 0 Å². The molecule has 0 aliphatic heterocycles. The Balaban J connectivity index is 1.87. The van der Waals surface area contributed by atoms with Gasteiger partial charge in [0.1, 0.15) is 5.76 Å². The van der Waals surface area contributed by atoms with E-state index in [1.54, 1.807) is 12.3 Å². The van der Waals surface area contributed by atoms with Crippen molar-refractivity contribution in [1.82, 2.24) is 5.32 Å². The molecule has 1 aromatic heterocycles. The highest BCUT2D eigenvalue weighted by Gasteiger charge is 2.16. The lowest BCUT2D eigenvalue weighted by atomic mass is 10.1. The minimum Gasteiger partial charge on any atom is -0.467 e. The summed E-state index contributed by atoms with van der Waals surface area (Å²) in [6, 6.07) is 11.1. The third-order valence-electron chi connectivity index (χ3n) is 2.66. The number of benzene rings is 1. The topological polar surface area (TPSA) is 42.2 Å². The predicted molar refractivity (Wildman–Crippen MR) is 78.4 cm³/mol. The van der Waals surface area contributed by atoms with Gasteiger partial charge in [-0.2, -0.15) is 0 Å². The molecule has 0 fully saturated rings. The van der Waals surface area contributed by atoms with Crippen LogP contribution in [0.4, 0.5) is 0 Å². The van der Waals surface area contributed by atoms with Crippen molar-refractivity contribution in [2.75, 3.05) is 0 Å². The van der Waals surface area contributed by atoms with Gasteiger partial charge in [-0.05, 0) is 30.2 Å². The molecule has 0 saturated heterocycles. The zero-order chi connectivity index (χ0) is 13.7. The maximum atomic E-state index is 11.9. The molecule has 1 amide bonds. The summed E-state index contributed by atoms with van der Waals surface area (Å²) in [4.78, 5) is 11.6. The minimum atomic E-state index is -0.317. The second-order valence-electron chi connectivity index (χ2n) is 4.06. The Hall–Kier alpha value is -1.26. The van der Waals surface area contributed by atoms with Gasteiger partial charge in [-0.15, -0.1) is 0 Å². The molecule has 1 N–H and O–H groups in total. The van der Waals surface area contributed by atoms with Gasteiger partial charge >= 0.3 is 0 Å². The van der Waals surface area contributed by atoms with Crippen molar-refractivity contribution < 1.29 is 9.21 Å². The molecule has 19 heavy (non-hydrogen) atoms. The first-order chi connectivity index (χ1) is 9.16. The molecule has 0 spiro atoms. The zero-order valence-electron chi connectivity index (χ0n) is 10.1. The smallest absolute Gasteiger partial charge is 0.234 e. The number of carbonyl (C=O) groups is 1. The third kappa shape index (κ3) is 4.11. The summed E-state index contributed by atoms with van der Waals surface area (Å²) >= 11 is 9.44. The van der Waals surface area contributed by atoms with Crippen LogP contribution in [-0.2, 0) is 17.8 Å². The highest BCUT2D eigenvalue weighted by atomic mass is 79.9. The molecule has 0 saturated carbocycles. The SMILES string of the molecule is O=C(NCc1ccco1)C(Br)Cc1ccccc1Cl. The zero-order valence-corrected chi connectivity index (χ0v) is 12.4. The van der Waals surface area contributed by atoms with Crippen molar-refractivity contribution in [3.63, 3.8) is 0 Å². The highest BCUT2D eigenvalue weighted by molar-refractivity contribution is 9.10. The van der Waals surface area contributed by atoms with E-state index < -0.39 is 0 Å². The molecule has 5 heteroatoms. The standard InChI is InChI=1S/C14H13BrClNO2/c15-12(8-10-4-1-2-6-13(10)16)14(18)17-9-11-5-3-7-19-11/h1-7,12H,8-9H2,(H,17,18). The molecule has 3 nitrogen and oxygen atoms in total. The highest BCUT2D eigenvalue weighted by Crippen LogP contribution is 2.19. The van der Waals surface area contributed by atoms with Crippen LogP contribution in [0.25, 0.3) is 0 Å². The maximum Gasteiger partial charge on any atom is 0.234 e. The van der Waals surface area contributed by atoms with E-state index in [0.29, 0.717) is 18.0 Å². The summed E-state index contributed by atoms with van der Waals surface area (Å²) < 4.78 is 5.15. The van der Waals surface area contributed by atoms with E-state index in [1.165, 1.54) is 0 Å². The van der Waals surface area contributed by atoms with Crippen LogP contribution in [0, 0.1) is 0 Å². The first kappa shape index (κ1) is 14.2. The van der Waals surface area contributed by atoms with Crippen molar-refractivity contribution in [2.24, 2.45) is 0 Å². The molecule has 1 unspecified atom stereocenters. The normalized spacial score (nSPS) is 12.1. The summed E-state index contributed by atoms with van der Waals surface area (Å²) in [5.41, 5.74) is 0.944. The van der Waals surface area contributed by atoms with E-state index in [0.717, 1.165) is 11.3 Å². The number of hydrogen-bond donors (Lipinski definition) is 1. The Morgan fingerprint density at radius 1 is 1.32 bits per heavy atom. The predicted octanol–water partition coefficient (Wildman–Crippen LogP) is 3.56. The van der Waals surface area contributed by atoms with E-state index in [4.69, 9.17) is 16.0 Å². The van der Waals surface area contributed by atoms with Crippen LogP contribution in [0.5, 0.6) is 0 Å². The summed E-state index contributed by atoms with van der Waals surface area (Å²) in [6.07, 6.45) is 2.13. The van der Waals surface area contributed by atoms with Gasteiger partial charge in [-0.3, -0.25) is 4.79 Å². The average Bonchev–Trinajstić information content (AvgIpc) is 2.91. The van der Waals surface area contributed by atoms with Gasteiger partial charge in [0.15, 0.2) is 0 Å². The first-order valence-corrected chi connectivity index (χ1v) is 7.14. The Kier molecular flexibility index (Phi) is 5.05. The van der Waals surface area contributed by atoms with Crippen LogP contribution < -0.4 is 5.32 Å². The Labute approximate surface area is 125 Å². The Morgan fingerprint density at radius 3 is 2.79 bits per heavy atom. The van der Waals surface area contributed by atoms with E-state index in [-0.39, 0.29) is 10.7 Å². The van der Waals surface area contributed by atoms with Crippen molar-refractivity contribution in [1.29, 1.82) is 0 Å². The summed E-state index contributed by atoms with van der Waals surface area (Å²) in [7, 11) is 0. The molecular weight excluding hydrogens is 330 g/mol. The lowest BCUT2D eigenvalue weighted by molar-refractivity contribution is -0.120. The lowest BCUT2D eigenvalue weighted by Gasteiger charge is -2.11. The summed E-state index contributed by atoms with van der Waals surface area (Å²) in [5, 5.41) is 3.47. The molecule has 2 aromatic rings. The molecule has 0 radical (unpaired) electrons. The molecule has 0 bridgehead atoms. The van der Waals surface area contributed by atoms with Gasteiger partial charge in [-0.25, -0.2) is 0 Å². The largest absolute Gasteiger partial charge is 0.467 e. The van der Waals surface area contributed by atoms with Gasteiger partial charge in [0.05, 0.1) is 17.6 Å². The molecule has 1 heterocycles. The number of carbonyl (C=O) groups excluding carboxylic acids is 1. The number of halogens is 2. The fourth-order valence-corrected chi connectivity index (χ4v) is 2.37. The fraction of sp³-hybridized carbons (Fsp3) is 0.214. The molecular formula is C14H13BrClNO2. The van der Waals surface area contributed by atoms with Crippen molar-refractivity contribution >= 4 is 33.4 Å². The lowest BCUT2D eigenvalue weighted by Crippen LogP contribution is -2.31. The molecule has 0 aliphatic rings. The monoisotopic (exact) mass is 341 g/mol. The molecule has 2 rings (SSSR count). The number of amides is 1. The van der Waals surface area contributed by atoms with Crippen LogP contribution >= 0.6 is 27.5 Å². The Bertz CT molecular complexity index is 542. The summed E-state index contributed by atoms with van der Waals surface area (Å²) in [6.45, 7) is 0.385. The second kappa shape index (κ2) is 6.78. The Morgan fingerprint density at radius 2 is 2.11 bits per heavy atom. The number of rotatable bonds is 5. The number of alkyl halides is 1. The van der Waals surface area contributed by atoms with Crippen molar-refractivity contribution in [3.05, 3.63) is 59.0 Å². The number of furan rings is 1. The van der Waals surface area contributed by atoms with Crippen LogP contribution in [0.15, 0.2) is 47.1 Å². The third-order valence-corrected chi connectivity index (χ3v) is 3.77. The van der Waals surface area contributed by atoms with E-state index >= 15 is 0 Å². The fourth-order valence-electron chi connectivity index (χ4n) is 1.65. The van der Waals surface area contributed by atoms with Gasteiger partial charge < -0.3 is 9.73 Å². The van der Waals surface area contributed by atoms with Gasteiger partial charge in [0.2, 0.25) is 5.91 Å². The summed E-state index contributed by atoms with van der Waals surface area (Å²) in [5.74, 6) is 0.641. The maximum absolute atomic E-state index is 11.9. The van der Waals surface area contributed by atoms with Crippen LogP contribution in [0.1, 0.15) is 11.3 Å². The van der Waals surface area contributed by atoms with Crippen molar-refractivity contribution in [2.45, 2.75) is 17.8 Å². The number of nitrogens with one attached hydrogen (secondary N) is 1. The average molecular weight is 343 g/mol.